The molecule has 0 aromatic rings. The molecule has 0 fully saturated rings. The Morgan fingerprint density at radius 1 is 0.0962 bits per heavy atom. The quantitative estimate of drug-likeness (QED) is 0.0437. The molecule has 0 radical (unpaired) electrons. The van der Waals surface area contributed by atoms with Crippen LogP contribution in [0, 0.1) is 0 Å². The Hall–Kier alpha value is -4.87. The Bertz CT molecular complexity index is 2760. The summed E-state index contributed by atoms with van der Waals surface area (Å²) in [5.41, 5.74) is 0. The van der Waals surface area contributed by atoms with Crippen molar-refractivity contribution in [1.29, 1.82) is 0 Å². The maximum atomic E-state index is 17.6. The number of quaternary nitrogens is 1. The summed E-state index contributed by atoms with van der Waals surface area (Å²) in [6, 6.07) is 0. The minimum Gasteiger partial charge on any atom is -0.199 e. The average Bonchev–Trinajstić information content (AvgIpc) is 0.623. The van der Waals surface area contributed by atoms with Crippen LogP contribution in [-0.4, -0.2) is 208 Å². The van der Waals surface area contributed by atoms with Crippen LogP contribution < -0.4 is 0 Å². The molecule has 0 amide bonds. The van der Waals surface area contributed by atoms with Crippen LogP contribution >= 0.6 is 0 Å². The van der Waals surface area contributed by atoms with E-state index >= 15 is 119 Å². The van der Waals surface area contributed by atoms with Crippen molar-refractivity contribution < 1.29 is 307 Å². The van der Waals surface area contributed by atoms with Gasteiger partial charge in [-0.1, -0.05) is 0 Å². The molecule has 70 heteroatoms. The third-order valence-electron chi connectivity index (χ3n) is 13.6. The van der Waals surface area contributed by atoms with Gasteiger partial charge in [0.1, 0.15) is 0 Å². The third kappa shape index (κ3) is 10.5. The molecule has 0 rings (SSSR count). The lowest BCUT2D eigenvalue weighted by atomic mass is 9.72. The largest absolute Gasteiger partial charge is 0.463 e. The van der Waals surface area contributed by atoms with Gasteiger partial charge >= 0.3 is 197 Å². The van der Waals surface area contributed by atoms with Gasteiger partial charge in [0.2, 0.25) is 0 Å². The van der Waals surface area contributed by atoms with Crippen LogP contribution in [0.15, 0.2) is 0 Å². The van der Waals surface area contributed by atoms with Gasteiger partial charge in [-0.05, 0) is 0 Å². The van der Waals surface area contributed by atoms with Crippen LogP contribution in [0.5, 0.6) is 0 Å². The second-order valence-electron chi connectivity index (χ2n) is 19.6. The number of hydrogen-bond acceptors (Lipinski definition) is 0. The monoisotopic (exact) mass is 1740 g/mol. The normalized spacial score (nSPS) is 19.6. The molecule has 3 atom stereocenters. The van der Waals surface area contributed by atoms with Crippen molar-refractivity contribution in [3.8, 4) is 0 Å². The molecule has 0 heterocycles. The Morgan fingerprint density at radius 2 is 0.163 bits per heavy atom. The highest BCUT2D eigenvalue weighted by Gasteiger charge is 3.15. The van der Waals surface area contributed by atoms with E-state index in [2.05, 4.69) is 0 Å². The van der Waals surface area contributed by atoms with E-state index in [4.69, 9.17) is 0 Å². The van der Waals surface area contributed by atoms with Gasteiger partial charge in [-0.25, -0.2) is 0 Å². The van der Waals surface area contributed by atoms with Gasteiger partial charge in [-0.15, -0.1) is 0 Å². The van der Waals surface area contributed by atoms with E-state index in [9.17, 15) is 184 Å². The lowest BCUT2D eigenvalue weighted by molar-refractivity contribution is -1.13. The van der Waals surface area contributed by atoms with Gasteiger partial charge in [-0.2, -0.15) is 307 Å². The maximum absolute atomic E-state index is 17.6. The van der Waals surface area contributed by atoms with Gasteiger partial charge in [0, 0.05) is 0 Å². The molecular formula is C34H3F69N+. The first-order valence-electron chi connectivity index (χ1n) is 21.7. The molecule has 0 aromatic carbocycles. The highest BCUT2D eigenvalue weighted by atomic mass is 19.5. The minimum absolute atomic E-state index is 6.23. The number of hydrogen-bond donors (Lipinski definition) is 0. The van der Waals surface area contributed by atoms with Crippen molar-refractivity contribution in [1.82, 2.24) is 0 Å². The Balaban J connectivity index is 12.8. The molecule has 1 nitrogen and oxygen atoms in total. The molecule has 626 valence electrons. The van der Waals surface area contributed by atoms with Gasteiger partial charge in [-0.3, -0.25) is 0 Å². The van der Waals surface area contributed by atoms with E-state index in [1.54, 1.807) is 0 Å². The van der Waals surface area contributed by atoms with Crippen LogP contribution in [0.2, 0.25) is 0 Å². The first-order chi connectivity index (χ1) is 43.2. The fraction of sp³-hybridized carbons (Fsp3) is 1.00. The first kappa shape index (κ1) is 99.1. The van der Waals surface area contributed by atoms with Gasteiger partial charge < -0.3 is 0 Å². The van der Waals surface area contributed by atoms with Crippen molar-refractivity contribution in [2.24, 2.45) is 0 Å². The molecule has 0 spiro atoms. The Kier molecular flexibility index (Phi) is 22.3. The minimum atomic E-state index is -14.4. The topological polar surface area (TPSA) is 0 Å². The van der Waals surface area contributed by atoms with Crippen molar-refractivity contribution in [3.63, 3.8) is 0 Å². The van der Waals surface area contributed by atoms with Crippen LogP contribution in [0.4, 0.5) is 303 Å². The second-order valence-corrected chi connectivity index (χ2v) is 19.6. The number of rotatable bonds is 27. The lowest BCUT2D eigenvalue weighted by Crippen LogP contribution is -3.01. The molecule has 0 saturated heterocycles. The van der Waals surface area contributed by atoms with Crippen LogP contribution in [0.3, 0.4) is 0 Å². The molecule has 0 bridgehead atoms. The summed E-state index contributed by atoms with van der Waals surface area (Å²) in [7, 11) is -6.23. The van der Waals surface area contributed by atoms with Crippen LogP contribution in [-0.2, 0) is 0 Å². The highest BCUT2D eigenvalue weighted by Crippen LogP contribution is 2.80. The molecule has 0 aromatic heterocycles. The van der Waals surface area contributed by atoms with E-state index in [1.807, 2.05) is 0 Å². The molecule has 104 heavy (non-hydrogen) atoms. The van der Waals surface area contributed by atoms with Crippen molar-refractivity contribution in [2.45, 2.75) is 197 Å². The number of nitrogens with zero attached hydrogens (tertiary/aromatic N) is 1. The van der Waals surface area contributed by atoms with Gasteiger partial charge in [0.05, 0.1) is 7.05 Å². The Labute approximate surface area is 512 Å². The van der Waals surface area contributed by atoms with Crippen LogP contribution in [0.25, 0.3) is 0 Å². The first-order valence-corrected chi connectivity index (χ1v) is 21.7. The zero-order valence-electron chi connectivity index (χ0n) is 44.0. The Morgan fingerprint density at radius 3 is 0.240 bits per heavy atom. The van der Waals surface area contributed by atoms with Crippen molar-refractivity contribution in [2.75, 3.05) is 7.05 Å². The maximum Gasteiger partial charge on any atom is 0.463 e. The molecule has 0 N–H and O–H groups in total. The second kappa shape index (κ2) is 23.3. The zero-order valence-corrected chi connectivity index (χ0v) is 44.0. The van der Waals surface area contributed by atoms with E-state index in [0.717, 1.165) is 0 Å². The summed E-state index contributed by atoms with van der Waals surface area (Å²) < 4.78 is 997. The highest BCUT2D eigenvalue weighted by molar-refractivity contribution is 5.27. The summed E-state index contributed by atoms with van der Waals surface area (Å²) >= 11 is 0. The van der Waals surface area contributed by atoms with Crippen LogP contribution in [0.1, 0.15) is 0 Å². The van der Waals surface area contributed by atoms with E-state index in [0.29, 0.717) is 0 Å². The van der Waals surface area contributed by atoms with E-state index < -0.39 is 208 Å². The standard InChI is InChI=1S/C34H3F69N/c1-104(26(83,23(77,78)32(95,96)97)17(65,66)11(53,54)5(41,42)2(35,36)8(47,48)14(59,60)20(71,72)29(86,87)88,27(84,24(79,80)33(98,99)100)18(67,68)12(55,56)6(43,44)3(37,38)9(49,50)15(61,62)21(73,74)30(89,90)91)28(85,25(81,82)34(101,102)103)19(69,70)13(57,58)7(45,46)4(39,40)10(51,52)16(63,64)22(75,76)31(92,93)94/h1H3/q+1. The molecule has 0 aliphatic carbocycles. The molecule has 0 aliphatic heterocycles. The van der Waals surface area contributed by atoms with Gasteiger partial charge in [0.15, 0.2) is 0 Å². The zero-order chi connectivity index (χ0) is 87.0. The van der Waals surface area contributed by atoms with Gasteiger partial charge in [0.25, 0.3) is 0 Å². The number of alkyl halides is 69. The third-order valence-corrected chi connectivity index (χ3v) is 13.6. The molecule has 0 aliphatic rings. The molecule has 0 saturated carbocycles. The van der Waals surface area contributed by atoms with Crippen molar-refractivity contribution >= 4 is 0 Å². The molecular weight excluding hydrogens is 1730 g/mol. The number of halogens is 69. The average molecular weight is 1740 g/mol. The fourth-order valence-corrected chi connectivity index (χ4v) is 7.59. The fourth-order valence-electron chi connectivity index (χ4n) is 7.59. The lowest BCUT2D eigenvalue weighted by Gasteiger charge is -2.65. The predicted octanol–water partition coefficient (Wildman–Crippen LogP) is 22.1. The van der Waals surface area contributed by atoms with E-state index in [1.165, 1.54) is 0 Å². The summed E-state index contributed by atoms with van der Waals surface area (Å²) in [5.74, 6) is -331. The SMILES string of the molecule is C[N+](C(F)(C(F)(F)C(F)(F)F)C(F)(F)C(F)(F)C(F)(F)C(F)(F)C(F)(F)C(F)(F)C(F)(F)C(F)(F)F)(C(F)(C(F)(F)C(F)(F)F)C(F)(F)C(F)(F)C(F)(F)C(F)(F)C(F)(F)C(F)(F)C(F)(F)C(F)(F)F)C(F)(C(F)(F)C(F)(F)F)C(F)(F)C(F)(F)C(F)(F)C(F)(F)C(F)(F)C(F)(F)C(F)(F)C(F)(F)F. The molecule has 3 unspecified atom stereocenters. The van der Waals surface area contributed by atoms with E-state index in [-0.39, 0.29) is 0 Å². The summed E-state index contributed by atoms with van der Waals surface area (Å²) in [5, 5.41) is 0. The smallest absolute Gasteiger partial charge is 0.199 e. The summed E-state index contributed by atoms with van der Waals surface area (Å²) in [6.45, 7) is 0. The predicted molar refractivity (Wildman–Crippen MR) is 173 cm³/mol. The van der Waals surface area contributed by atoms with Crippen molar-refractivity contribution in [3.05, 3.63) is 0 Å². The summed E-state index contributed by atoms with van der Waals surface area (Å²) in [6.07, 6.45) is -63.1. The summed E-state index contributed by atoms with van der Waals surface area (Å²) in [4.78, 5) is 0.